The predicted molar refractivity (Wildman–Crippen MR) is 57.6 cm³/mol. The van der Waals surface area contributed by atoms with Crippen LogP contribution >= 0.6 is 0 Å². The minimum absolute atomic E-state index is 0.0735. The van der Waals surface area contributed by atoms with E-state index < -0.39 is 6.09 Å². The van der Waals surface area contributed by atoms with Gasteiger partial charge < -0.3 is 15.2 Å². The molecule has 1 aliphatic carbocycles. The molecular formula is C11H21NO3. The topological polar surface area (TPSA) is 58.6 Å². The van der Waals surface area contributed by atoms with E-state index in [4.69, 9.17) is 9.84 Å². The molecule has 1 aliphatic rings. The molecule has 1 saturated carbocycles. The van der Waals surface area contributed by atoms with E-state index in [1.807, 2.05) is 0 Å². The van der Waals surface area contributed by atoms with Crippen molar-refractivity contribution in [2.24, 2.45) is 5.41 Å². The zero-order valence-corrected chi connectivity index (χ0v) is 9.58. The van der Waals surface area contributed by atoms with E-state index in [0.717, 1.165) is 25.7 Å². The van der Waals surface area contributed by atoms with Crippen molar-refractivity contribution in [3.8, 4) is 0 Å². The second kappa shape index (κ2) is 5.35. The molecule has 0 aromatic carbocycles. The van der Waals surface area contributed by atoms with Crippen molar-refractivity contribution in [3.63, 3.8) is 0 Å². The lowest BCUT2D eigenvalue weighted by Gasteiger charge is -2.34. The molecule has 0 atom stereocenters. The van der Waals surface area contributed by atoms with Gasteiger partial charge in [0.15, 0.2) is 0 Å². The minimum atomic E-state index is -0.409. The fraction of sp³-hybridized carbons (Fsp3) is 0.909. The first-order chi connectivity index (χ1) is 7.03. The fourth-order valence-corrected chi connectivity index (χ4v) is 1.89. The Morgan fingerprint density at radius 3 is 2.60 bits per heavy atom. The summed E-state index contributed by atoms with van der Waals surface area (Å²) in [6, 6.07) is 0.240. The lowest BCUT2D eigenvalue weighted by atomic mass is 9.76. The second-order valence-corrected chi connectivity index (χ2v) is 4.94. The van der Waals surface area contributed by atoms with Crippen molar-refractivity contribution >= 4 is 6.09 Å². The SMILES string of the molecule is CC1(C)CCC(NC(=O)OCCO)CC1. The Balaban J connectivity index is 2.21. The molecule has 0 radical (unpaired) electrons. The van der Waals surface area contributed by atoms with Crippen molar-refractivity contribution < 1.29 is 14.6 Å². The number of hydrogen-bond donors (Lipinski definition) is 2. The number of aliphatic hydroxyl groups is 1. The molecule has 4 nitrogen and oxygen atoms in total. The Morgan fingerprint density at radius 1 is 1.47 bits per heavy atom. The first-order valence-corrected chi connectivity index (χ1v) is 5.58. The highest BCUT2D eigenvalue weighted by atomic mass is 16.6. The summed E-state index contributed by atoms with van der Waals surface area (Å²) < 4.78 is 4.75. The largest absolute Gasteiger partial charge is 0.447 e. The van der Waals surface area contributed by atoms with Crippen LogP contribution in [0, 0.1) is 5.41 Å². The van der Waals surface area contributed by atoms with E-state index in [1.54, 1.807) is 0 Å². The first kappa shape index (κ1) is 12.3. The number of alkyl carbamates (subject to hydrolysis) is 1. The van der Waals surface area contributed by atoms with Crippen LogP contribution in [0.2, 0.25) is 0 Å². The third-order valence-electron chi connectivity index (χ3n) is 2.99. The average molecular weight is 215 g/mol. The zero-order chi connectivity index (χ0) is 11.3. The van der Waals surface area contributed by atoms with Gasteiger partial charge in [0.1, 0.15) is 6.61 Å². The Hall–Kier alpha value is -0.770. The number of aliphatic hydroxyl groups excluding tert-OH is 1. The van der Waals surface area contributed by atoms with E-state index in [0.29, 0.717) is 5.41 Å². The molecule has 0 heterocycles. The van der Waals surface area contributed by atoms with Gasteiger partial charge in [-0.05, 0) is 31.1 Å². The molecule has 1 fully saturated rings. The summed E-state index contributed by atoms with van der Waals surface area (Å²) in [5, 5.41) is 11.3. The Morgan fingerprint density at radius 2 is 2.07 bits per heavy atom. The molecule has 0 aromatic heterocycles. The van der Waals surface area contributed by atoms with Gasteiger partial charge in [-0.1, -0.05) is 13.8 Å². The van der Waals surface area contributed by atoms with Crippen molar-refractivity contribution in [1.29, 1.82) is 0 Å². The maximum atomic E-state index is 11.2. The third-order valence-corrected chi connectivity index (χ3v) is 2.99. The summed E-state index contributed by atoms with van der Waals surface area (Å²) in [4.78, 5) is 11.2. The lowest BCUT2D eigenvalue weighted by molar-refractivity contribution is 0.110. The van der Waals surface area contributed by atoms with Crippen LogP contribution in [0.5, 0.6) is 0 Å². The molecule has 2 N–H and O–H groups in total. The summed E-state index contributed by atoms with van der Waals surface area (Å²) in [7, 11) is 0. The molecule has 1 rings (SSSR count). The van der Waals surface area contributed by atoms with Gasteiger partial charge in [-0.2, -0.15) is 0 Å². The van der Waals surface area contributed by atoms with E-state index >= 15 is 0 Å². The molecule has 15 heavy (non-hydrogen) atoms. The van der Waals surface area contributed by atoms with E-state index in [1.165, 1.54) is 0 Å². The maximum Gasteiger partial charge on any atom is 0.407 e. The van der Waals surface area contributed by atoms with E-state index in [2.05, 4.69) is 19.2 Å². The van der Waals surface area contributed by atoms with Crippen molar-refractivity contribution in [1.82, 2.24) is 5.32 Å². The summed E-state index contributed by atoms with van der Waals surface area (Å²) >= 11 is 0. The summed E-state index contributed by atoms with van der Waals surface area (Å²) in [5.41, 5.74) is 0.410. The molecule has 1 amide bonds. The van der Waals surface area contributed by atoms with Crippen LogP contribution in [-0.4, -0.2) is 30.5 Å². The number of carbonyl (C=O) groups is 1. The quantitative estimate of drug-likeness (QED) is 0.753. The Kier molecular flexibility index (Phi) is 4.39. The molecule has 0 aliphatic heterocycles. The highest BCUT2D eigenvalue weighted by molar-refractivity contribution is 5.67. The molecule has 0 unspecified atom stereocenters. The number of nitrogens with one attached hydrogen (secondary N) is 1. The average Bonchev–Trinajstić information content (AvgIpc) is 2.18. The van der Waals surface area contributed by atoms with Gasteiger partial charge in [-0.15, -0.1) is 0 Å². The molecule has 0 aromatic rings. The molecular weight excluding hydrogens is 194 g/mol. The normalized spacial score (nSPS) is 21.0. The number of amides is 1. The van der Waals surface area contributed by atoms with E-state index in [-0.39, 0.29) is 19.3 Å². The minimum Gasteiger partial charge on any atom is -0.447 e. The van der Waals surface area contributed by atoms with Crippen LogP contribution in [0.3, 0.4) is 0 Å². The zero-order valence-electron chi connectivity index (χ0n) is 9.58. The Labute approximate surface area is 91.0 Å². The van der Waals surface area contributed by atoms with Gasteiger partial charge in [0.05, 0.1) is 6.61 Å². The van der Waals surface area contributed by atoms with Crippen LogP contribution < -0.4 is 5.32 Å². The van der Waals surface area contributed by atoms with Gasteiger partial charge in [0.25, 0.3) is 0 Å². The fourth-order valence-electron chi connectivity index (χ4n) is 1.89. The molecule has 0 spiro atoms. The van der Waals surface area contributed by atoms with Gasteiger partial charge in [-0.25, -0.2) is 4.79 Å². The first-order valence-electron chi connectivity index (χ1n) is 5.58. The summed E-state index contributed by atoms with van der Waals surface area (Å²) in [5.74, 6) is 0. The van der Waals surface area contributed by atoms with Crippen LogP contribution in [-0.2, 0) is 4.74 Å². The van der Waals surface area contributed by atoms with Gasteiger partial charge in [0.2, 0.25) is 0 Å². The second-order valence-electron chi connectivity index (χ2n) is 4.94. The van der Waals surface area contributed by atoms with Gasteiger partial charge >= 0.3 is 6.09 Å². The van der Waals surface area contributed by atoms with Crippen molar-refractivity contribution in [2.45, 2.75) is 45.6 Å². The van der Waals surface area contributed by atoms with Crippen molar-refractivity contribution in [3.05, 3.63) is 0 Å². The third kappa shape index (κ3) is 4.51. The van der Waals surface area contributed by atoms with Crippen LogP contribution in [0.25, 0.3) is 0 Å². The van der Waals surface area contributed by atoms with Crippen molar-refractivity contribution in [2.75, 3.05) is 13.2 Å². The van der Waals surface area contributed by atoms with Gasteiger partial charge in [0, 0.05) is 6.04 Å². The molecule has 88 valence electrons. The predicted octanol–water partition coefficient (Wildman–Crippen LogP) is 1.67. The molecule has 0 saturated heterocycles. The lowest BCUT2D eigenvalue weighted by Crippen LogP contribution is -2.39. The van der Waals surface area contributed by atoms with Crippen LogP contribution in [0.15, 0.2) is 0 Å². The standard InChI is InChI=1S/C11H21NO3/c1-11(2)5-3-9(4-6-11)12-10(14)15-8-7-13/h9,13H,3-8H2,1-2H3,(H,12,14). The summed E-state index contributed by atoms with van der Waals surface area (Å²) in [6.45, 7) is 4.47. The number of ether oxygens (including phenoxy) is 1. The number of rotatable bonds is 3. The van der Waals surface area contributed by atoms with E-state index in [9.17, 15) is 4.79 Å². The monoisotopic (exact) mass is 215 g/mol. The summed E-state index contributed by atoms with van der Waals surface area (Å²) in [6.07, 6.45) is 3.90. The Bertz CT molecular complexity index is 206. The number of carbonyl (C=O) groups excluding carboxylic acids is 1. The van der Waals surface area contributed by atoms with Crippen LogP contribution in [0.1, 0.15) is 39.5 Å². The van der Waals surface area contributed by atoms with Crippen LogP contribution in [0.4, 0.5) is 4.79 Å². The van der Waals surface area contributed by atoms with Gasteiger partial charge in [-0.3, -0.25) is 0 Å². The highest BCUT2D eigenvalue weighted by Gasteiger charge is 2.27. The maximum absolute atomic E-state index is 11.2. The highest BCUT2D eigenvalue weighted by Crippen LogP contribution is 2.34. The molecule has 4 heteroatoms. The smallest absolute Gasteiger partial charge is 0.407 e. The molecule has 0 bridgehead atoms. The number of hydrogen-bond acceptors (Lipinski definition) is 3.